The molecule has 2 aromatic rings. The summed E-state index contributed by atoms with van der Waals surface area (Å²) in [4.78, 5) is 18.8. The fourth-order valence-electron chi connectivity index (χ4n) is 3.24. The molecular formula is C20H16ClN5O3S. The molecule has 4 heterocycles. The lowest BCUT2D eigenvalue weighted by atomic mass is 10.1. The quantitative estimate of drug-likeness (QED) is 0.716. The number of morpholine rings is 1. The Bertz CT molecular complexity index is 1130. The van der Waals surface area contributed by atoms with Crippen LogP contribution in [0.25, 0.3) is 17.4 Å². The van der Waals surface area contributed by atoms with Gasteiger partial charge >= 0.3 is 0 Å². The maximum absolute atomic E-state index is 12.6. The summed E-state index contributed by atoms with van der Waals surface area (Å²) in [6.07, 6.45) is 1.51. The van der Waals surface area contributed by atoms with Crippen molar-refractivity contribution in [2.45, 2.75) is 0 Å². The third kappa shape index (κ3) is 3.45. The summed E-state index contributed by atoms with van der Waals surface area (Å²) in [6.45, 7) is 2.68. The first kappa shape index (κ1) is 19.1. The van der Waals surface area contributed by atoms with Gasteiger partial charge in [0.2, 0.25) is 5.17 Å². The Morgan fingerprint density at radius 2 is 1.93 bits per heavy atom. The highest BCUT2D eigenvalue weighted by atomic mass is 35.5. The van der Waals surface area contributed by atoms with Crippen molar-refractivity contribution in [1.82, 2.24) is 9.91 Å². The number of nitrogens with zero attached hydrogens (tertiary/aromatic N) is 4. The van der Waals surface area contributed by atoms with Gasteiger partial charge in [-0.15, -0.1) is 5.10 Å². The van der Waals surface area contributed by atoms with Crippen molar-refractivity contribution in [2.24, 2.45) is 10.1 Å². The monoisotopic (exact) mass is 441 g/mol. The zero-order chi connectivity index (χ0) is 20.7. The van der Waals surface area contributed by atoms with Crippen LogP contribution in [0, 0.1) is 5.41 Å². The minimum Gasteiger partial charge on any atom is -0.457 e. The van der Waals surface area contributed by atoms with Crippen LogP contribution < -0.4 is 0 Å². The minimum atomic E-state index is -0.493. The first-order valence-corrected chi connectivity index (χ1v) is 10.5. The number of fused-ring (bicyclic) bond motifs is 1. The molecule has 0 bridgehead atoms. The second kappa shape index (κ2) is 7.75. The summed E-state index contributed by atoms with van der Waals surface area (Å²) in [5, 5.41) is 16.1. The lowest BCUT2D eigenvalue weighted by Crippen LogP contribution is -2.39. The van der Waals surface area contributed by atoms with E-state index in [9.17, 15) is 4.79 Å². The minimum absolute atomic E-state index is 0.0311. The third-order valence-electron chi connectivity index (χ3n) is 4.78. The maximum Gasteiger partial charge on any atom is 0.283 e. The predicted molar refractivity (Wildman–Crippen MR) is 117 cm³/mol. The SMILES string of the molecule is N=C1/C(=C\c2ccc(-c3ccccc3Cl)o2)C(=O)N=C2SC(N3CCOCC3)=NN12. The number of carbonyl (C=O) groups is 1. The standard InChI is InChI=1S/C20H16ClN5O3S/c21-15-4-2-1-3-13(15)16-6-5-12(29-16)11-14-17(22)26-19(23-18(14)27)30-20(24-26)25-7-9-28-10-8-25/h1-6,11,22H,7-10H2/b14-11+,22-17?. The van der Waals surface area contributed by atoms with Gasteiger partial charge in [-0.1, -0.05) is 23.7 Å². The molecule has 1 saturated heterocycles. The molecule has 3 aliphatic rings. The van der Waals surface area contributed by atoms with Crippen LogP contribution in [-0.2, 0) is 9.53 Å². The highest BCUT2D eigenvalue weighted by molar-refractivity contribution is 8.26. The number of amidine groups is 3. The molecule has 0 saturated carbocycles. The average molecular weight is 442 g/mol. The third-order valence-corrected chi connectivity index (χ3v) is 6.08. The van der Waals surface area contributed by atoms with Crippen LogP contribution in [0.3, 0.4) is 0 Å². The number of aliphatic imine (C=N–C) groups is 1. The Kier molecular flexibility index (Phi) is 4.93. The zero-order valence-corrected chi connectivity index (χ0v) is 17.2. The number of rotatable bonds is 2. The van der Waals surface area contributed by atoms with Gasteiger partial charge in [0.15, 0.2) is 11.0 Å². The van der Waals surface area contributed by atoms with Gasteiger partial charge in [-0.2, -0.15) is 10.0 Å². The van der Waals surface area contributed by atoms with Gasteiger partial charge in [-0.05, 0) is 42.1 Å². The van der Waals surface area contributed by atoms with Crippen molar-refractivity contribution in [3.05, 3.63) is 52.8 Å². The smallest absolute Gasteiger partial charge is 0.283 e. The van der Waals surface area contributed by atoms with Crippen molar-refractivity contribution in [2.75, 3.05) is 26.3 Å². The maximum atomic E-state index is 12.6. The van der Waals surface area contributed by atoms with E-state index in [1.54, 1.807) is 18.2 Å². The molecule has 3 aliphatic heterocycles. The predicted octanol–water partition coefficient (Wildman–Crippen LogP) is 3.51. The molecule has 0 spiro atoms. The Balaban J connectivity index is 1.42. The van der Waals surface area contributed by atoms with Crippen LogP contribution in [0.5, 0.6) is 0 Å². The second-order valence-electron chi connectivity index (χ2n) is 6.68. The number of hydrazone groups is 1. The lowest BCUT2D eigenvalue weighted by Gasteiger charge is -2.26. The molecule has 0 aliphatic carbocycles. The fraction of sp³-hybridized carbons (Fsp3) is 0.200. The number of hydrogen-bond acceptors (Lipinski definition) is 7. The molecule has 10 heteroatoms. The van der Waals surface area contributed by atoms with Gasteiger partial charge in [-0.3, -0.25) is 10.2 Å². The van der Waals surface area contributed by atoms with Gasteiger partial charge in [-0.25, -0.2) is 0 Å². The van der Waals surface area contributed by atoms with Crippen LogP contribution in [0.15, 0.2) is 56.5 Å². The Labute approximate surface area is 181 Å². The number of ether oxygens (including phenoxy) is 1. The van der Waals surface area contributed by atoms with Crippen molar-refractivity contribution in [3.8, 4) is 11.3 Å². The van der Waals surface area contributed by atoms with Gasteiger partial charge < -0.3 is 14.1 Å². The highest BCUT2D eigenvalue weighted by Crippen LogP contribution is 2.32. The summed E-state index contributed by atoms with van der Waals surface area (Å²) in [5.74, 6) is 0.487. The summed E-state index contributed by atoms with van der Waals surface area (Å²) in [6, 6.07) is 10.9. The second-order valence-corrected chi connectivity index (χ2v) is 8.03. The number of furan rings is 1. The largest absolute Gasteiger partial charge is 0.457 e. The first-order chi connectivity index (χ1) is 14.6. The lowest BCUT2D eigenvalue weighted by molar-refractivity contribution is -0.114. The fourth-order valence-corrected chi connectivity index (χ4v) is 4.42. The molecule has 1 fully saturated rings. The number of amides is 1. The van der Waals surface area contributed by atoms with Gasteiger partial charge in [0, 0.05) is 18.7 Å². The summed E-state index contributed by atoms with van der Waals surface area (Å²) < 4.78 is 11.2. The first-order valence-electron chi connectivity index (χ1n) is 9.28. The van der Waals surface area contributed by atoms with Crippen LogP contribution in [0.2, 0.25) is 5.02 Å². The van der Waals surface area contributed by atoms with Crippen molar-refractivity contribution in [1.29, 1.82) is 5.41 Å². The molecule has 1 aromatic heterocycles. The molecule has 30 heavy (non-hydrogen) atoms. The molecule has 1 aromatic carbocycles. The van der Waals surface area contributed by atoms with E-state index in [4.69, 9.17) is 26.2 Å². The van der Waals surface area contributed by atoms with Crippen molar-refractivity contribution < 1.29 is 13.9 Å². The summed E-state index contributed by atoms with van der Waals surface area (Å²) in [5.41, 5.74) is 0.872. The number of thioether (sulfide) groups is 1. The molecule has 0 unspecified atom stereocenters. The summed E-state index contributed by atoms with van der Waals surface area (Å²) in [7, 11) is 0. The van der Waals surface area contributed by atoms with E-state index < -0.39 is 5.91 Å². The van der Waals surface area contributed by atoms with Crippen LogP contribution in [0.1, 0.15) is 5.76 Å². The van der Waals surface area contributed by atoms with E-state index in [0.717, 1.165) is 10.7 Å². The Morgan fingerprint density at radius 1 is 1.13 bits per heavy atom. The zero-order valence-electron chi connectivity index (χ0n) is 15.7. The van der Waals surface area contributed by atoms with Crippen LogP contribution in [0.4, 0.5) is 0 Å². The molecule has 1 amide bonds. The molecular weight excluding hydrogens is 426 g/mol. The molecule has 0 radical (unpaired) electrons. The normalized spacial score (nSPS) is 20.5. The summed E-state index contributed by atoms with van der Waals surface area (Å²) >= 11 is 7.52. The van der Waals surface area contributed by atoms with Gasteiger partial charge in [0.25, 0.3) is 5.91 Å². The van der Waals surface area contributed by atoms with Gasteiger partial charge in [0.1, 0.15) is 11.5 Å². The average Bonchev–Trinajstić information content (AvgIpc) is 3.39. The van der Waals surface area contributed by atoms with Gasteiger partial charge in [0.05, 0.1) is 23.8 Å². The molecule has 5 rings (SSSR count). The number of nitrogens with one attached hydrogen (secondary N) is 1. The number of hydrogen-bond donors (Lipinski definition) is 1. The molecule has 152 valence electrons. The van der Waals surface area contributed by atoms with E-state index in [1.165, 1.54) is 22.8 Å². The van der Waals surface area contributed by atoms with E-state index in [0.29, 0.717) is 48.0 Å². The topological polar surface area (TPSA) is 94.5 Å². The number of halogens is 1. The Hall–Kier alpha value is -2.88. The van der Waals surface area contributed by atoms with Crippen LogP contribution >= 0.6 is 23.4 Å². The van der Waals surface area contributed by atoms with E-state index in [2.05, 4.69) is 15.0 Å². The Morgan fingerprint density at radius 3 is 2.73 bits per heavy atom. The van der Waals surface area contributed by atoms with E-state index in [1.807, 2.05) is 18.2 Å². The molecule has 1 N–H and O–H groups in total. The van der Waals surface area contributed by atoms with Crippen molar-refractivity contribution in [3.63, 3.8) is 0 Å². The van der Waals surface area contributed by atoms with E-state index in [-0.39, 0.29) is 11.4 Å². The van der Waals surface area contributed by atoms with Crippen molar-refractivity contribution >= 4 is 51.5 Å². The van der Waals surface area contributed by atoms with E-state index >= 15 is 0 Å². The molecule has 8 nitrogen and oxygen atoms in total. The van der Waals surface area contributed by atoms with Crippen LogP contribution in [-0.4, -0.2) is 58.3 Å². The molecule has 0 atom stereocenters. The number of carbonyl (C=O) groups excluding carboxylic acids is 1. The number of benzene rings is 1. The highest BCUT2D eigenvalue weighted by Gasteiger charge is 2.37.